The van der Waals surface area contributed by atoms with Crippen molar-refractivity contribution in [2.45, 2.75) is 64.5 Å². The topological polar surface area (TPSA) is 44.4 Å². The Labute approximate surface area is 118 Å². The van der Waals surface area contributed by atoms with Crippen molar-refractivity contribution < 1.29 is 4.79 Å². The fourth-order valence-electron chi connectivity index (χ4n) is 2.62. The number of hydrogen-bond donors (Lipinski definition) is 2. The molecule has 0 bridgehead atoms. The average Bonchev–Trinajstić information content (AvgIpc) is 2.42. The van der Waals surface area contributed by atoms with E-state index in [0.29, 0.717) is 12.6 Å². The van der Waals surface area contributed by atoms with Crippen molar-refractivity contribution in [3.05, 3.63) is 0 Å². The molecule has 0 aromatic carbocycles. The van der Waals surface area contributed by atoms with E-state index in [1.54, 1.807) is 0 Å². The Bertz CT molecular complexity index is 250. The molecule has 1 amide bonds. The molecule has 0 aromatic heterocycles. The summed E-state index contributed by atoms with van der Waals surface area (Å²) in [6, 6.07) is 1.13. The van der Waals surface area contributed by atoms with Crippen LogP contribution >= 0.6 is 0 Å². The highest BCUT2D eigenvalue weighted by molar-refractivity contribution is 5.77. The lowest BCUT2D eigenvalue weighted by Gasteiger charge is -2.31. The summed E-state index contributed by atoms with van der Waals surface area (Å²) in [6.45, 7) is 6.40. The van der Waals surface area contributed by atoms with Gasteiger partial charge in [-0.05, 0) is 32.9 Å². The Kier molecular flexibility index (Phi) is 8.07. The molecule has 19 heavy (non-hydrogen) atoms. The maximum atomic E-state index is 11.5. The SMILES string of the molecule is CC(C)NCC(=O)NCCCN(C)C1CCCCC1. The van der Waals surface area contributed by atoms with E-state index < -0.39 is 0 Å². The summed E-state index contributed by atoms with van der Waals surface area (Å²) >= 11 is 0. The van der Waals surface area contributed by atoms with Crippen molar-refractivity contribution in [3.8, 4) is 0 Å². The van der Waals surface area contributed by atoms with E-state index in [0.717, 1.165) is 25.6 Å². The number of hydrogen-bond acceptors (Lipinski definition) is 3. The third kappa shape index (κ3) is 7.53. The quantitative estimate of drug-likeness (QED) is 0.660. The highest BCUT2D eigenvalue weighted by Crippen LogP contribution is 2.21. The van der Waals surface area contributed by atoms with Gasteiger partial charge in [0.25, 0.3) is 0 Å². The monoisotopic (exact) mass is 269 g/mol. The smallest absolute Gasteiger partial charge is 0.233 e. The van der Waals surface area contributed by atoms with Gasteiger partial charge in [-0.25, -0.2) is 0 Å². The number of carbonyl (C=O) groups is 1. The van der Waals surface area contributed by atoms with Gasteiger partial charge in [-0.15, -0.1) is 0 Å². The number of rotatable bonds is 8. The van der Waals surface area contributed by atoms with Crippen LogP contribution in [0.5, 0.6) is 0 Å². The summed E-state index contributed by atoms with van der Waals surface area (Å²) in [6.07, 6.45) is 7.91. The molecule has 0 heterocycles. The largest absolute Gasteiger partial charge is 0.355 e. The number of nitrogens with one attached hydrogen (secondary N) is 2. The summed E-state index contributed by atoms with van der Waals surface area (Å²) in [4.78, 5) is 14.0. The second-order valence-electron chi connectivity index (χ2n) is 6.01. The standard InChI is InChI=1S/C15H31N3O/c1-13(2)17-12-15(19)16-10-7-11-18(3)14-8-5-4-6-9-14/h13-14,17H,4-12H2,1-3H3,(H,16,19). The molecule has 1 aliphatic rings. The zero-order valence-electron chi connectivity index (χ0n) is 12.9. The first-order valence-electron chi connectivity index (χ1n) is 7.80. The van der Waals surface area contributed by atoms with Crippen molar-refractivity contribution in [2.24, 2.45) is 0 Å². The van der Waals surface area contributed by atoms with Gasteiger partial charge < -0.3 is 15.5 Å². The van der Waals surface area contributed by atoms with E-state index in [4.69, 9.17) is 0 Å². The first-order chi connectivity index (χ1) is 9.09. The van der Waals surface area contributed by atoms with Crippen LogP contribution in [0, 0.1) is 0 Å². The Morgan fingerprint density at radius 3 is 2.58 bits per heavy atom. The van der Waals surface area contributed by atoms with Crippen molar-refractivity contribution >= 4 is 5.91 Å². The molecule has 2 N–H and O–H groups in total. The Hall–Kier alpha value is -0.610. The maximum absolute atomic E-state index is 11.5. The van der Waals surface area contributed by atoms with E-state index in [9.17, 15) is 4.79 Å². The minimum Gasteiger partial charge on any atom is -0.355 e. The van der Waals surface area contributed by atoms with Crippen LogP contribution in [0.25, 0.3) is 0 Å². The number of carbonyl (C=O) groups excluding carboxylic acids is 1. The highest BCUT2D eigenvalue weighted by Gasteiger charge is 2.17. The summed E-state index contributed by atoms with van der Waals surface area (Å²) in [5, 5.41) is 6.09. The van der Waals surface area contributed by atoms with Crippen LogP contribution in [0.3, 0.4) is 0 Å². The Balaban J connectivity index is 2.01. The summed E-state index contributed by atoms with van der Waals surface area (Å²) in [7, 11) is 2.22. The fourth-order valence-corrected chi connectivity index (χ4v) is 2.62. The van der Waals surface area contributed by atoms with Crippen LogP contribution in [0.1, 0.15) is 52.4 Å². The van der Waals surface area contributed by atoms with Gasteiger partial charge >= 0.3 is 0 Å². The van der Waals surface area contributed by atoms with Gasteiger partial charge in [-0.1, -0.05) is 33.1 Å². The van der Waals surface area contributed by atoms with Crippen LogP contribution in [-0.4, -0.2) is 49.6 Å². The molecule has 0 radical (unpaired) electrons. The van der Waals surface area contributed by atoms with Crippen molar-refractivity contribution in [1.82, 2.24) is 15.5 Å². The van der Waals surface area contributed by atoms with Gasteiger partial charge in [0.1, 0.15) is 0 Å². The van der Waals surface area contributed by atoms with Crippen molar-refractivity contribution in [3.63, 3.8) is 0 Å². The van der Waals surface area contributed by atoms with Crippen LogP contribution < -0.4 is 10.6 Å². The van der Waals surface area contributed by atoms with Crippen molar-refractivity contribution in [1.29, 1.82) is 0 Å². The van der Waals surface area contributed by atoms with Gasteiger partial charge in [0, 0.05) is 18.6 Å². The molecule has 0 saturated heterocycles. The maximum Gasteiger partial charge on any atom is 0.233 e. The highest BCUT2D eigenvalue weighted by atomic mass is 16.1. The molecule has 1 aliphatic carbocycles. The van der Waals surface area contributed by atoms with E-state index in [-0.39, 0.29) is 5.91 Å². The minimum atomic E-state index is 0.106. The van der Waals surface area contributed by atoms with Gasteiger partial charge in [-0.3, -0.25) is 4.79 Å². The third-order valence-corrected chi connectivity index (χ3v) is 3.88. The molecule has 112 valence electrons. The van der Waals surface area contributed by atoms with E-state index in [2.05, 4.69) is 22.6 Å². The number of amides is 1. The second kappa shape index (κ2) is 9.32. The molecule has 4 nitrogen and oxygen atoms in total. The van der Waals surface area contributed by atoms with E-state index >= 15 is 0 Å². The summed E-state index contributed by atoms with van der Waals surface area (Å²) in [5.41, 5.74) is 0. The van der Waals surface area contributed by atoms with Gasteiger partial charge in [0.15, 0.2) is 0 Å². The predicted octanol–water partition coefficient (Wildman–Crippen LogP) is 1.76. The first-order valence-corrected chi connectivity index (χ1v) is 7.80. The zero-order valence-corrected chi connectivity index (χ0v) is 12.9. The lowest BCUT2D eigenvalue weighted by Crippen LogP contribution is -2.39. The Morgan fingerprint density at radius 2 is 1.95 bits per heavy atom. The predicted molar refractivity (Wildman–Crippen MR) is 80.3 cm³/mol. The lowest BCUT2D eigenvalue weighted by molar-refractivity contribution is -0.120. The molecule has 0 aliphatic heterocycles. The molecule has 0 aromatic rings. The normalized spacial score (nSPS) is 17.1. The van der Waals surface area contributed by atoms with Gasteiger partial charge in [-0.2, -0.15) is 0 Å². The van der Waals surface area contributed by atoms with Crippen LogP contribution in [0.4, 0.5) is 0 Å². The molecule has 1 saturated carbocycles. The van der Waals surface area contributed by atoms with Crippen LogP contribution in [0.15, 0.2) is 0 Å². The molecule has 0 spiro atoms. The molecular formula is C15H31N3O. The summed E-state index contributed by atoms with van der Waals surface area (Å²) < 4.78 is 0. The lowest BCUT2D eigenvalue weighted by atomic mass is 9.94. The van der Waals surface area contributed by atoms with Gasteiger partial charge in [0.2, 0.25) is 5.91 Å². The average molecular weight is 269 g/mol. The van der Waals surface area contributed by atoms with Crippen molar-refractivity contribution in [2.75, 3.05) is 26.7 Å². The van der Waals surface area contributed by atoms with Gasteiger partial charge in [0.05, 0.1) is 6.54 Å². The minimum absolute atomic E-state index is 0.106. The Morgan fingerprint density at radius 1 is 1.26 bits per heavy atom. The van der Waals surface area contributed by atoms with Crippen LogP contribution in [-0.2, 0) is 4.79 Å². The molecule has 0 unspecified atom stereocenters. The summed E-state index contributed by atoms with van der Waals surface area (Å²) in [5.74, 6) is 0.106. The van der Waals surface area contributed by atoms with E-state index in [1.807, 2.05) is 13.8 Å². The molecule has 4 heteroatoms. The fraction of sp³-hybridized carbons (Fsp3) is 0.933. The second-order valence-corrected chi connectivity index (χ2v) is 6.01. The third-order valence-electron chi connectivity index (χ3n) is 3.88. The molecule has 1 rings (SSSR count). The zero-order chi connectivity index (χ0) is 14.1. The number of nitrogens with zero attached hydrogens (tertiary/aromatic N) is 1. The molecule has 1 fully saturated rings. The first kappa shape index (κ1) is 16.4. The molecule has 0 atom stereocenters. The van der Waals surface area contributed by atoms with Crippen LogP contribution in [0.2, 0.25) is 0 Å². The van der Waals surface area contributed by atoms with E-state index in [1.165, 1.54) is 32.1 Å². The molecular weight excluding hydrogens is 238 g/mol.